The van der Waals surface area contributed by atoms with Crippen LogP contribution in [0.25, 0.3) is 0 Å². The maximum absolute atomic E-state index is 12.9. The van der Waals surface area contributed by atoms with Crippen molar-refractivity contribution in [2.24, 2.45) is 5.92 Å². The summed E-state index contributed by atoms with van der Waals surface area (Å²) < 4.78 is 63.7. The average molecular weight is 445 g/mol. The summed E-state index contributed by atoms with van der Waals surface area (Å²) in [4.78, 5) is 15.3. The van der Waals surface area contributed by atoms with Gasteiger partial charge in [0.15, 0.2) is 9.84 Å². The van der Waals surface area contributed by atoms with E-state index in [1.54, 1.807) is 0 Å². The van der Waals surface area contributed by atoms with Crippen LogP contribution in [0.5, 0.6) is 0 Å². The van der Waals surface area contributed by atoms with Crippen LogP contribution in [0.15, 0.2) is 35.5 Å². The lowest BCUT2D eigenvalue weighted by molar-refractivity contribution is -0.137. The molecule has 0 spiro atoms. The fourth-order valence-corrected chi connectivity index (χ4v) is 5.22. The van der Waals surface area contributed by atoms with Crippen molar-refractivity contribution in [3.8, 4) is 0 Å². The van der Waals surface area contributed by atoms with Crippen LogP contribution in [-0.2, 0) is 20.8 Å². The number of hydrogen-bond donors (Lipinski definition) is 3. The van der Waals surface area contributed by atoms with Gasteiger partial charge in [0, 0.05) is 6.04 Å². The van der Waals surface area contributed by atoms with Crippen LogP contribution in [0.2, 0.25) is 0 Å². The predicted molar refractivity (Wildman–Crippen MR) is 102 cm³/mol. The molecule has 0 unspecified atom stereocenters. The van der Waals surface area contributed by atoms with E-state index in [1.165, 1.54) is 12.4 Å². The number of halogens is 3. The van der Waals surface area contributed by atoms with Crippen LogP contribution in [0.4, 0.5) is 19.1 Å². The quantitative estimate of drug-likeness (QED) is 0.603. The maximum Gasteiger partial charge on any atom is 0.416 e. The normalized spacial score (nSPS) is 20.1. The van der Waals surface area contributed by atoms with Gasteiger partial charge in [-0.05, 0) is 49.8 Å². The molecule has 0 aliphatic heterocycles. The number of carbonyl (C=O) groups excluding carboxylic acids is 1. The van der Waals surface area contributed by atoms with E-state index in [4.69, 9.17) is 0 Å². The lowest BCUT2D eigenvalue weighted by atomic mass is 9.87. The number of H-pyrrole nitrogens is 1. The highest BCUT2D eigenvalue weighted by atomic mass is 32.2. The SMILES string of the molecule is O=C(CNC1CCC(CS(=O)(=O)c2cccc(C(F)(F)F)c2)CC1)Nc1ncn[nH]1. The minimum absolute atomic E-state index is 0.0676. The number of benzene rings is 1. The second-order valence-corrected chi connectivity index (χ2v) is 9.32. The molecule has 1 fully saturated rings. The molecule has 8 nitrogen and oxygen atoms in total. The molecule has 30 heavy (non-hydrogen) atoms. The third kappa shape index (κ3) is 6.02. The monoisotopic (exact) mass is 445 g/mol. The lowest BCUT2D eigenvalue weighted by Gasteiger charge is -2.29. The standard InChI is InChI=1S/C18H22F3N5O3S/c19-18(20,21)13-2-1-3-15(8-13)30(28,29)10-12-4-6-14(7-5-12)22-9-16(27)25-17-23-11-24-26-17/h1-3,8,11-12,14,22H,4-7,9-10H2,(H2,23,24,25,26,27). The molecule has 12 heteroatoms. The Morgan fingerprint density at radius 1 is 1.20 bits per heavy atom. The van der Waals surface area contributed by atoms with Crippen molar-refractivity contribution in [1.29, 1.82) is 0 Å². The summed E-state index contributed by atoms with van der Waals surface area (Å²) in [5.41, 5.74) is -0.972. The third-order valence-electron chi connectivity index (χ3n) is 5.05. The summed E-state index contributed by atoms with van der Waals surface area (Å²) in [6.45, 7) is 0.0819. The largest absolute Gasteiger partial charge is 0.416 e. The number of carbonyl (C=O) groups is 1. The van der Waals surface area contributed by atoms with Gasteiger partial charge in [-0.1, -0.05) is 6.07 Å². The van der Waals surface area contributed by atoms with E-state index in [9.17, 15) is 26.4 Å². The smallest absolute Gasteiger partial charge is 0.306 e. The lowest BCUT2D eigenvalue weighted by Crippen LogP contribution is -2.39. The fourth-order valence-electron chi connectivity index (χ4n) is 3.48. The van der Waals surface area contributed by atoms with Crippen molar-refractivity contribution >= 4 is 21.7 Å². The van der Waals surface area contributed by atoms with Crippen molar-refractivity contribution < 1.29 is 26.4 Å². The number of amides is 1. The molecule has 1 amide bonds. The Hall–Kier alpha value is -2.47. The summed E-state index contributed by atoms with van der Waals surface area (Å²) in [5, 5.41) is 11.8. The zero-order valence-corrected chi connectivity index (χ0v) is 16.8. The van der Waals surface area contributed by atoms with Crippen molar-refractivity contribution in [1.82, 2.24) is 20.5 Å². The van der Waals surface area contributed by atoms with Gasteiger partial charge in [-0.2, -0.15) is 23.3 Å². The van der Waals surface area contributed by atoms with Crippen LogP contribution < -0.4 is 10.6 Å². The molecule has 0 radical (unpaired) electrons. The molecule has 164 valence electrons. The number of nitrogens with zero attached hydrogens (tertiary/aromatic N) is 2. The molecule has 0 atom stereocenters. The number of hydrogen-bond acceptors (Lipinski definition) is 6. The molecular weight excluding hydrogens is 423 g/mol. The molecule has 3 rings (SSSR count). The highest BCUT2D eigenvalue weighted by Gasteiger charge is 2.32. The first-order valence-electron chi connectivity index (χ1n) is 9.42. The van der Waals surface area contributed by atoms with Gasteiger partial charge in [-0.3, -0.25) is 10.1 Å². The summed E-state index contributed by atoms with van der Waals surface area (Å²) in [6.07, 6.45) is -0.733. The van der Waals surface area contributed by atoms with Gasteiger partial charge in [-0.25, -0.2) is 13.5 Å². The van der Waals surface area contributed by atoms with Gasteiger partial charge in [0.25, 0.3) is 0 Å². The van der Waals surface area contributed by atoms with E-state index in [1.807, 2.05) is 0 Å². The van der Waals surface area contributed by atoms with Crippen LogP contribution in [-0.4, -0.2) is 47.8 Å². The molecule has 1 heterocycles. The van der Waals surface area contributed by atoms with E-state index in [2.05, 4.69) is 25.8 Å². The number of nitrogens with one attached hydrogen (secondary N) is 3. The summed E-state index contributed by atoms with van der Waals surface area (Å²) >= 11 is 0. The Morgan fingerprint density at radius 3 is 2.57 bits per heavy atom. The van der Waals surface area contributed by atoms with E-state index >= 15 is 0 Å². The van der Waals surface area contributed by atoms with Crippen molar-refractivity contribution in [2.45, 2.75) is 42.8 Å². The van der Waals surface area contributed by atoms with Gasteiger partial charge in [0.1, 0.15) is 6.33 Å². The Morgan fingerprint density at radius 2 is 1.93 bits per heavy atom. The van der Waals surface area contributed by atoms with Gasteiger partial charge in [-0.15, -0.1) is 0 Å². The van der Waals surface area contributed by atoms with Gasteiger partial charge >= 0.3 is 6.18 Å². The second-order valence-electron chi connectivity index (χ2n) is 7.29. The molecule has 3 N–H and O–H groups in total. The number of anilines is 1. The van der Waals surface area contributed by atoms with Gasteiger partial charge in [0.2, 0.25) is 11.9 Å². The highest BCUT2D eigenvalue weighted by Crippen LogP contribution is 2.32. The maximum atomic E-state index is 12.9. The topological polar surface area (TPSA) is 117 Å². The van der Waals surface area contributed by atoms with E-state index in [0.717, 1.165) is 12.1 Å². The molecule has 1 saturated carbocycles. The van der Waals surface area contributed by atoms with Gasteiger partial charge in [0.05, 0.1) is 22.8 Å². The van der Waals surface area contributed by atoms with Crippen LogP contribution in [0, 0.1) is 5.92 Å². The zero-order valence-electron chi connectivity index (χ0n) is 15.9. The number of sulfone groups is 1. The molecular formula is C18H22F3N5O3S. The Balaban J connectivity index is 1.47. The van der Waals surface area contributed by atoms with Crippen molar-refractivity contribution in [3.63, 3.8) is 0 Å². The Kier molecular flexibility index (Phi) is 6.76. The van der Waals surface area contributed by atoms with E-state index in [0.29, 0.717) is 31.7 Å². The number of aromatic nitrogens is 3. The minimum Gasteiger partial charge on any atom is -0.306 e. The molecule has 1 aliphatic rings. The first-order valence-corrected chi connectivity index (χ1v) is 11.1. The fraction of sp³-hybridized carbons (Fsp3) is 0.500. The summed E-state index contributed by atoms with van der Waals surface area (Å²) in [7, 11) is -3.82. The third-order valence-corrected chi connectivity index (χ3v) is 6.93. The predicted octanol–water partition coefficient (Wildman–Crippen LogP) is 2.38. The molecule has 2 aromatic rings. The summed E-state index contributed by atoms with van der Waals surface area (Å²) in [5.74, 6) is -0.343. The first kappa shape index (κ1) is 22.2. The van der Waals surface area contributed by atoms with Crippen LogP contribution in [0.1, 0.15) is 31.2 Å². The van der Waals surface area contributed by atoms with Crippen molar-refractivity contribution in [3.05, 3.63) is 36.2 Å². The first-order chi connectivity index (χ1) is 14.1. The van der Waals surface area contributed by atoms with Gasteiger partial charge < -0.3 is 5.32 Å². The molecule has 1 aromatic carbocycles. The van der Waals surface area contributed by atoms with Crippen LogP contribution in [0.3, 0.4) is 0 Å². The second kappa shape index (κ2) is 9.13. The van der Waals surface area contributed by atoms with Crippen molar-refractivity contribution in [2.75, 3.05) is 17.6 Å². The Bertz CT molecular complexity index is 956. The number of aromatic amines is 1. The number of alkyl halides is 3. The minimum atomic E-state index is -4.59. The summed E-state index contributed by atoms with van der Waals surface area (Å²) in [6, 6.07) is 3.92. The average Bonchev–Trinajstić information content (AvgIpc) is 3.20. The number of rotatable bonds is 7. The molecule has 0 bridgehead atoms. The zero-order chi connectivity index (χ0) is 21.8. The molecule has 1 aliphatic carbocycles. The highest BCUT2D eigenvalue weighted by molar-refractivity contribution is 7.91. The van der Waals surface area contributed by atoms with E-state index < -0.39 is 21.6 Å². The Labute approximate surface area is 171 Å². The van der Waals surface area contributed by atoms with Crippen LogP contribution >= 0.6 is 0 Å². The molecule has 1 aromatic heterocycles. The van der Waals surface area contributed by atoms with E-state index in [-0.39, 0.29) is 41.0 Å². The molecule has 0 saturated heterocycles.